The number of ether oxygens (including phenoxy) is 1. The van der Waals surface area contributed by atoms with Crippen LogP contribution >= 0.6 is 0 Å². The topological polar surface area (TPSA) is 47.6 Å². The van der Waals surface area contributed by atoms with Gasteiger partial charge in [0.25, 0.3) is 0 Å². The Morgan fingerprint density at radius 1 is 0.920 bits per heavy atom. The van der Waals surface area contributed by atoms with E-state index in [2.05, 4.69) is 44.3 Å². The summed E-state index contributed by atoms with van der Waals surface area (Å²) in [5.74, 6) is 0.707. The number of hydrogen-bond acceptors (Lipinski definition) is 4. The van der Waals surface area contributed by atoms with Gasteiger partial charge in [0.15, 0.2) is 0 Å². The molecule has 1 N–H and O–H groups in total. The van der Waals surface area contributed by atoms with Crippen LogP contribution in [0.25, 0.3) is 0 Å². The first-order chi connectivity index (χ1) is 11.5. The van der Waals surface area contributed by atoms with Gasteiger partial charge in [-0.1, -0.05) is 37.8 Å². The van der Waals surface area contributed by atoms with Gasteiger partial charge in [-0.15, -0.1) is 0 Å². The maximum absolute atomic E-state index is 12.6. The fraction of sp³-hybridized carbons (Fsp3) is 0.316. The smallest absolute Gasteiger partial charge is 0.347 e. The van der Waals surface area contributed by atoms with Crippen molar-refractivity contribution in [1.29, 1.82) is 0 Å². The summed E-state index contributed by atoms with van der Waals surface area (Å²) in [6.45, 7) is 13.0. The Labute approximate surface area is 152 Å². The third-order valence-electron chi connectivity index (χ3n) is 3.09. The van der Waals surface area contributed by atoms with Crippen molar-refractivity contribution in [3.63, 3.8) is 0 Å². The summed E-state index contributed by atoms with van der Waals surface area (Å²) < 4.78 is 11.6. The number of carbonyl (C=O) groups excluding carboxylic acids is 1. The van der Waals surface area contributed by atoms with E-state index >= 15 is 0 Å². The number of anilines is 1. The second-order valence-corrected chi connectivity index (χ2v) is 17.2. The Bertz CT molecular complexity index is 735. The van der Waals surface area contributed by atoms with E-state index in [0.717, 1.165) is 5.69 Å². The van der Waals surface area contributed by atoms with Crippen LogP contribution in [0.15, 0.2) is 48.5 Å². The minimum absolute atomic E-state index is 0.404. The first kappa shape index (κ1) is 19.3. The summed E-state index contributed by atoms with van der Waals surface area (Å²) in [5, 5.41) is 0. The van der Waals surface area contributed by atoms with Crippen LogP contribution in [0.1, 0.15) is 10.4 Å². The van der Waals surface area contributed by atoms with E-state index in [9.17, 15) is 4.79 Å². The van der Waals surface area contributed by atoms with E-state index < -0.39 is 22.5 Å². The largest absolute Gasteiger partial charge is 0.544 e. The number of para-hydroxylation sites is 1. The van der Waals surface area contributed by atoms with Crippen LogP contribution in [0, 0.1) is 0 Å². The summed E-state index contributed by atoms with van der Waals surface area (Å²) in [6.07, 6.45) is 0. The number of carbonyl (C=O) groups is 1. The molecule has 0 aliphatic carbocycles. The SMILES string of the molecule is C[Si](C)(C)Nc1ccc(C(=O)Oc2ccccc2)c(O[Si](C)(C)C)c1. The standard InChI is InChI=1S/C19H27NO3Si2/c1-24(2,3)20-15-12-13-17(18(14-15)23-25(4,5)6)19(21)22-16-10-8-7-9-11-16/h7-14,20H,1-6H3. The van der Waals surface area contributed by atoms with Crippen LogP contribution in [-0.2, 0) is 0 Å². The molecule has 2 aromatic carbocycles. The van der Waals surface area contributed by atoms with Crippen molar-refractivity contribution in [2.24, 2.45) is 0 Å². The lowest BCUT2D eigenvalue weighted by Crippen LogP contribution is -2.33. The summed E-state index contributed by atoms with van der Waals surface area (Å²) in [6, 6.07) is 14.7. The molecule has 0 heterocycles. The molecule has 0 atom stereocenters. The molecule has 6 heteroatoms. The van der Waals surface area contributed by atoms with Crippen LogP contribution in [0.5, 0.6) is 11.5 Å². The number of esters is 1. The summed E-state index contributed by atoms with van der Waals surface area (Å²) in [4.78, 5) is 16.2. The number of hydrogen-bond donors (Lipinski definition) is 1. The van der Waals surface area contributed by atoms with E-state index in [1.165, 1.54) is 0 Å². The molecule has 0 amide bonds. The number of rotatable bonds is 6. The van der Waals surface area contributed by atoms with Crippen molar-refractivity contribution < 1.29 is 14.0 Å². The molecular formula is C19H27NO3Si2. The number of benzene rings is 2. The highest BCUT2D eigenvalue weighted by molar-refractivity contribution is 6.79. The van der Waals surface area contributed by atoms with Gasteiger partial charge in [-0.2, -0.15) is 0 Å². The van der Waals surface area contributed by atoms with Crippen LogP contribution in [0.4, 0.5) is 5.69 Å². The van der Waals surface area contributed by atoms with Crippen LogP contribution in [-0.4, -0.2) is 22.5 Å². The quantitative estimate of drug-likeness (QED) is 0.420. The molecule has 0 aromatic heterocycles. The van der Waals surface area contributed by atoms with Crippen molar-refractivity contribution in [2.75, 3.05) is 4.98 Å². The molecule has 0 saturated heterocycles. The molecule has 0 aliphatic heterocycles. The minimum atomic E-state index is -1.87. The van der Waals surface area contributed by atoms with Gasteiger partial charge in [0.2, 0.25) is 8.32 Å². The van der Waals surface area contributed by atoms with Gasteiger partial charge in [-0.25, -0.2) is 4.79 Å². The molecule has 0 saturated carbocycles. The van der Waals surface area contributed by atoms with E-state index in [1.54, 1.807) is 18.2 Å². The Morgan fingerprint density at radius 2 is 1.56 bits per heavy atom. The monoisotopic (exact) mass is 373 g/mol. The molecule has 25 heavy (non-hydrogen) atoms. The van der Waals surface area contributed by atoms with Crippen molar-refractivity contribution >= 4 is 28.2 Å². The lowest BCUT2D eigenvalue weighted by atomic mass is 10.2. The predicted octanol–water partition coefficient (Wildman–Crippen LogP) is 5.37. The molecule has 0 radical (unpaired) electrons. The molecule has 4 nitrogen and oxygen atoms in total. The second kappa shape index (κ2) is 7.45. The van der Waals surface area contributed by atoms with Crippen molar-refractivity contribution in [3.8, 4) is 11.5 Å². The van der Waals surface area contributed by atoms with Gasteiger partial charge in [-0.05, 0) is 43.9 Å². The van der Waals surface area contributed by atoms with Crippen molar-refractivity contribution in [1.82, 2.24) is 0 Å². The average Bonchev–Trinajstić information content (AvgIpc) is 2.45. The molecule has 0 spiro atoms. The molecule has 0 aliphatic rings. The summed E-state index contributed by atoms with van der Waals surface area (Å²) >= 11 is 0. The van der Waals surface area contributed by atoms with Gasteiger partial charge in [0, 0.05) is 11.8 Å². The first-order valence-corrected chi connectivity index (χ1v) is 15.3. The molecule has 0 bridgehead atoms. The molecule has 134 valence electrons. The Morgan fingerprint density at radius 3 is 2.12 bits per heavy atom. The van der Waals surface area contributed by atoms with E-state index in [0.29, 0.717) is 17.1 Å². The minimum Gasteiger partial charge on any atom is -0.544 e. The first-order valence-electron chi connectivity index (χ1n) is 8.42. The van der Waals surface area contributed by atoms with Gasteiger partial charge >= 0.3 is 5.97 Å². The zero-order valence-electron chi connectivity index (χ0n) is 15.8. The van der Waals surface area contributed by atoms with E-state index in [1.807, 2.05) is 30.3 Å². The predicted molar refractivity (Wildman–Crippen MR) is 109 cm³/mol. The Balaban J connectivity index is 2.33. The van der Waals surface area contributed by atoms with Gasteiger partial charge in [0.05, 0.1) is 0 Å². The maximum Gasteiger partial charge on any atom is 0.347 e. The fourth-order valence-corrected chi connectivity index (χ4v) is 4.12. The van der Waals surface area contributed by atoms with Crippen molar-refractivity contribution in [3.05, 3.63) is 54.1 Å². The molecule has 0 fully saturated rings. The third-order valence-corrected chi connectivity index (χ3v) is 4.96. The summed E-state index contributed by atoms with van der Waals surface area (Å²) in [7, 11) is -3.37. The third kappa shape index (κ3) is 6.40. The van der Waals surface area contributed by atoms with Gasteiger partial charge in [-0.3, -0.25) is 0 Å². The molecule has 0 unspecified atom stereocenters. The Hall–Kier alpha value is -2.06. The lowest BCUT2D eigenvalue weighted by Gasteiger charge is -2.24. The number of nitrogens with one attached hydrogen (secondary N) is 1. The van der Waals surface area contributed by atoms with E-state index in [4.69, 9.17) is 9.16 Å². The van der Waals surface area contributed by atoms with Crippen molar-refractivity contribution in [2.45, 2.75) is 39.3 Å². The maximum atomic E-state index is 12.6. The van der Waals surface area contributed by atoms with Crippen LogP contribution < -0.4 is 14.1 Å². The zero-order valence-corrected chi connectivity index (χ0v) is 17.8. The molecule has 2 aromatic rings. The second-order valence-electron chi connectivity index (χ2n) is 8.00. The fourth-order valence-electron chi connectivity index (χ4n) is 2.27. The van der Waals surface area contributed by atoms with Crippen LogP contribution in [0.2, 0.25) is 39.3 Å². The Kier molecular flexibility index (Phi) is 5.74. The highest BCUT2D eigenvalue weighted by Crippen LogP contribution is 2.28. The lowest BCUT2D eigenvalue weighted by molar-refractivity contribution is 0.0733. The van der Waals surface area contributed by atoms with Gasteiger partial charge in [0.1, 0.15) is 25.3 Å². The highest BCUT2D eigenvalue weighted by atomic mass is 28.4. The highest BCUT2D eigenvalue weighted by Gasteiger charge is 2.23. The molecular weight excluding hydrogens is 346 g/mol. The van der Waals surface area contributed by atoms with E-state index in [-0.39, 0.29) is 0 Å². The normalized spacial score (nSPS) is 11.8. The zero-order chi connectivity index (χ0) is 18.7. The average molecular weight is 374 g/mol. The van der Waals surface area contributed by atoms with Crippen LogP contribution in [0.3, 0.4) is 0 Å². The summed E-state index contributed by atoms with van der Waals surface area (Å²) in [5.41, 5.74) is 1.43. The molecule has 2 rings (SSSR count). The van der Waals surface area contributed by atoms with Gasteiger partial charge < -0.3 is 14.1 Å².